The van der Waals surface area contributed by atoms with Crippen molar-refractivity contribution >= 4 is 29.2 Å². The number of nitrogens with zero attached hydrogens (tertiary/aromatic N) is 1. The van der Waals surface area contributed by atoms with Crippen molar-refractivity contribution in [2.75, 3.05) is 12.4 Å². The number of methoxy groups -OCH3 is 1. The van der Waals surface area contributed by atoms with Gasteiger partial charge in [-0.2, -0.15) is 0 Å². The number of nitro benzene ring substituents is 1. The molecular weight excluding hydrogens is 330 g/mol. The number of hydrogen-bond donors (Lipinski definition) is 2. The highest BCUT2D eigenvalue weighted by atomic mass is 16.6. The van der Waals surface area contributed by atoms with E-state index in [0.717, 1.165) is 0 Å². The van der Waals surface area contributed by atoms with E-state index in [2.05, 4.69) is 15.4 Å². The lowest BCUT2D eigenvalue weighted by Crippen LogP contribution is -2.40. The van der Waals surface area contributed by atoms with Crippen molar-refractivity contribution in [1.82, 2.24) is 5.32 Å². The van der Waals surface area contributed by atoms with Gasteiger partial charge in [0.15, 0.2) is 0 Å². The van der Waals surface area contributed by atoms with E-state index in [-0.39, 0.29) is 29.1 Å². The Morgan fingerprint density at radius 2 is 2.04 bits per heavy atom. The van der Waals surface area contributed by atoms with Crippen molar-refractivity contribution < 1.29 is 24.0 Å². The molecule has 0 bridgehead atoms. The normalized spacial score (nSPS) is 16.9. The van der Waals surface area contributed by atoms with Gasteiger partial charge in [0.05, 0.1) is 29.2 Å². The van der Waals surface area contributed by atoms with Crippen molar-refractivity contribution in [1.29, 1.82) is 0 Å². The largest absolute Gasteiger partial charge is 0.466 e. The van der Waals surface area contributed by atoms with Crippen molar-refractivity contribution in [3.8, 4) is 0 Å². The first-order chi connectivity index (χ1) is 11.7. The van der Waals surface area contributed by atoms with Gasteiger partial charge in [-0.05, 0) is 19.4 Å². The summed E-state index contributed by atoms with van der Waals surface area (Å²) in [6.07, 6.45) is -0.221. The van der Waals surface area contributed by atoms with E-state index in [0.29, 0.717) is 5.56 Å². The fourth-order valence-corrected chi connectivity index (χ4v) is 2.58. The Morgan fingerprint density at radius 3 is 2.64 bits per heavy atom. The maximum atomic E-state index is 12.6. The lowest BCUT2D eigenvalue weighted by molar-refractivity contribution is -0.384. The Hall–Kier alpha value is -3.23. The Morgan fingerprint density at radius 1 is 1.36 bits per heavy atom. The van der Waals surface area contributed by atoms with E-state index >= 15 is 0 Å². The summed E-state index contributed by atoms with van der Waals surface area (Å²) in [5.41, 5.74) is 0.982. The van der Waals surface area contributed by atoms with Crippen LogP contribution in [-0.2, 0) is 19.1 Å². The number of amides is 2. The standard InChI is InChI=1S/C16H17N3O6/c1-8-4-5-10(19(23)24)6-12(8)18-15(21)11-7-13(20)17-9(2)14(11)16(22)25-3/h4-6,11H,7H2,1-3H3,(H,17,20)(H,18,21). The number of esters is 1. The summed E-state index contributed by atoms with van der Waals surface area (Å²) in [5.74, 6) is -2.77. The number of carbonyl (C=O) groups is 3. The van der Waals surface area contributed by atoms with Crippen molar-refractivity contribution in [3.63, 3.8) is 0 Å². The van der Waals surface area contributed by atoms with E-state index in [1.54, 1.807) is 6.92 Å². The number of anilines is 1. The number of non-ortho nitro benzene ring substituents is 1. The summed E-state index contributed by atoms with van der Waals surface area (Å²) in [6, 6.07) is 4.05. The molecule has 2 rings (SSSR count). The van der Waals surface area contributed by atoms with Gasteiger partial charge in [0, 0.05) is 24.3 Å². The van der Waals surface area contributed by atoms with Crippen LogP contribution in [0, 0.1) is 23.0 Å². The van der Waals surface area contributed by atoms with Crippen LogP contribution < -0.4 is 10.6 Å². The number of aryl methyl sites for hydroxylation is 1. The molecule has 0 aliphatic carbocycles. The van der Waals surface area contributed by atoms with Crippen LogP contribution in [0.5, 0.6) is 0 Å². The average molecular weight is 347 g/mol. The second-order valence-corrected chi connectivity index (χ2v) is 5.58. The third kappa shape index (κ3) is 3.82. The molecule has 1 unspecified atom stereocenters. The number of hydrogen-bond acceptors (Lipinski definition) is 6. The zero-order chi connectivity index (χ0) is 18.7. The molecule has 2 N–H and O–H groups in total. The number of rotatable bonds is 4. The van der Waals surface area contributed by atoms with Crippen LogP contribution in [0.2, 0.25) is 0 Å². The molecular formula is C16H17N3O6. The molecule has 1 aromatic rings. The van der Waals surface area contributed by atoms with Gasteiger partial charge in [-0.25, -0.2) is 4.79 Å². The van der Waals surface area contributed by atoms with Gasteiger partial charge >= 0.3 is 5.97 Å². The lowest BCUT2D eigenvalue weighted by Gasteiger charge is -2.25. The first-order valence-corrected chi connectivity index (χ1v) is 7.39. The molecule has 0 spiro atoms. The smallest absolute Gasteiger partial charge is 0.336 e. The molecule has 0 radical (unpaired) electrons. The Bertz CT molecular complexity index is 799. The third-order valence-electron chi connectivity index (χ3n) is 3.88. The minimum atomic E-state index is -1.04. The summed E-state index contributed by atoms with van der Waals surface area (Å²) in [5, 5.41) is 15.9. The van der Waals surface area contributed by atoms with Crippen LogP contribution >= 0.6 is 0 Å². The molecule has 0 saturated heterocycles. The number of nitro groups is 1. The number of carbonyl (C=O) groups excluding carboxylic acids is 3. The molecule has 2 amide bonds. The molecule has 1 aliphatic rings. The van der Waals surface area contributed by atoms with Crippen LogP contribution in [0.1, 0.15) is 18.9 Å². The molecule has 1 heterocycles. The zero-order valence-electron chi connectivity index (χ0n) is 13.9. The SMILES string of the molecule is COC(=O)C1=C(C)NC(=O)CC1C(=O)Nc1cc([N+](=O)[O-])ccc1C. The fourth-order valence-electron chi connectivity index (χ4n) is 2.58. The molecule has 132 valence electrons. The first-order valence-electron chi connectivity index (χ1n) is 7.39. The molecule has 9 heteroatoms. The molecule has 0 saturated carbocycles. The van der Waals surface area contributed by atoms with Gasteiger partial charge in [0.25, 0.3) is 5.69 Å². The minimum absolute atomic E-state index is 0.0580. The number of allylic oxidation sites excluding steroid dienone is 1. The summed E-state index contributed by atoms with van der Waals surface area (Å²) in [4.78, 5) is 46.6. The monoisotopic (exact) mass is 347 g/mol. The van der Waals surface area contributed by atoms with E-state index in [4.69, 9.17) is 0 Å². The minimum Gasteiger partial charge on any atom is -0.466 e. The third-order valence-corrected chi connectivity index (χ3v) is 3.88. The van der Waals surface area contributed by atoms with Crippen LogP contribution in [0.25, 0.3) is 0 Å². The van der Waals surface area contributed by atoms with Crippen LogP contribution in [0.4, 0.5) is 11.4 Å². The molecule has 1 aromatic carbocycles. The van der Waals surface area contributed by atoms with Crippen LogP contribution in [0.15, 0.2) is 29.5 Å². The highest BCUT2D eigenvalue weighted by molar-refractivity contribution is 6.06. The van der Waals surface area contributed by atoms with Gasteiger partial charge in [0.1, 0.15) is 0 Å². The molecule has 0 fully saturated rings. The fraction of sp³-hybridized carbons (Fsp3) is 0.312. The van der Waals surface area contributed by atoms with Gasteiger partial charge < -0.3 is 15.4 Å². The molecule has 0 aromatic heterocycles. The van der Waals surface area contributed by atoms with Crippen LogP contribution in [0.3, 0.4) is 0 Å². The lowest BCUT2D eigenvalue weighted by atomic mass is 9.89. The Labute approximate surface area is 143 Å². The van der Waals surface area contributed by atoms with Crippen molar-refractivity contribution in [2.24, 2.45) is 5.92 Å². The van der Waals surface area contributed by atoms with E-state index in [1.807, 2.05) is 0 Å². The van der Waals surface area contributed by atoms with E-state index in [9.17, 15) is 24.5 Å². The predicted molar refractivity (Wildman–Crippen MR) is 87.4 cm³/mol. The molecule has 25 heavy (non-hydrogen) atoms. The van der Waals surface area contributed by atoms with Gasteiger partial charge in [-0.1, -0.05) is 6.07 Å². The summed E-state index contributed by atoms with van der Waals surface area (Å²) >= 11 is 0. The number of ether oxygens (including phenoxy) is 1. The van der Waals surface area contributed by atoms with Gasteiger partial charge in [-0.3, -0.25) is 19.7 Å². The van der Waals surface area contributed by atoms with Crippen LogP contribution in [-0.4, -0.2) is 29.8 Å². The number of nitrogens with one attached hydrogen (secondary N) is 2. The van der Waals surface area contributed by atoms with Gasteiger partial charge in [-0.15, -0.1) is 0 Å². The average Bonchev–Trinajstić information content (AvgIpc) is 2.55. The predicted octanol–water partition coefficient (Wildman–Crippen LogP) is 1.42. The second-order valence-electron chi connectivity index (χ2n) is 5.58. The van der Waals surface area contributed by atoms with Crippen molar-refractivity contribution in [3.05, 3.63) is 45.1 Å². The summed E-state index contributed by atoms with van der Waals surface area (Å²) in [7, 11) is 1.18. The topological polar surface area (TPSA) is 128 Å². The maximum Gasteiger partial charge on any atom is 0.336 e. The highest BCUT2D eigenvalue weighted by Gasteiger charge is 2.36. The quantitative estimate of drug-likeness (QED) is 0.482. The molecule has 9 nitrogen and oxygen atoms in total. The van der Waals surface area contributed by atoms with Crippen molar-refractivity contribution in [2.45, 2.75) is 20.3 Å². The first kappa shape index (κ1) is 18.1. The molecule has 1 atom stereocenters. The highest BCUT2D eigenvalue weighted by Crippen LogP contribution is 2.27. The van der Waals surface area contributed by atoms with E-state index in [1.165, 1.54) is 32.2 Å². The van der Waals surface area contributed by atoms with Gasteiger partial charge in [0.2, 0.25) is 11.8 Å². The summed E-state index contributed by atoms with van der Waals surface area (Å²) in [6.45, 7) is 3.18. The Kier molecular flexibility index (Phi) is 5.16. The second kappa shape index (κ2) is 7.12. The number of benzene rings is 1. The zero-order valence-corrected chi connectivity index (χ0v) is 13.9. The summed E-state index contributed by atoms with van der Waals surface area (Å²) < 4.78 is 4.68. The Balaban J connectivity index is 2.34. The van der Waals surface area contributed by atoms with E-state index < -0.39 is 28.6 Å². The molecule has 1 aliphatic heterocycles. The maximum absolute atomic E-state index is 12.6.